The number of amides is 2. The molecule has 0 radical (unpaired) electrons. The average molecular weight is 581 g/mol. The third-order valence-corrected chi connectivity index (χ3v) is 9.99. The molecule has 0 saturated carbocycles. The summed E-state index contributed by atoms with van der Waals surface area (Å²) in [4.78, 5) is 46.6. The first-order valence-electron chi connectivity index (χ1n) is 14.0. The molecule has 2 aromatic carbocycles. The zero-order valence-electron chi connectivity index (χ0n) is 23.7. The number of sulfonamides is 1. The minimum Gasteiger partial charge on any atom is -0.507 e. The van der Waals surface area contributed by atoms with E-state index in [1.807, 2.05) is 25.9 Å². The van der Waals surface area contributed by atoms with E-state index in [4.69, 9.17) is 0 Å². The van der Waals surface area contributed by atoms with E-state index in [-0.39, 0.29) is 22.6 Å². The van der Waals surface area contributed by atoms with Gasteiger partial charge in [0.05, 0.1) is 16.2 Å². The van der Waals surface area contributed by atoms with Crippen molar-refractivity contribution < 1.29 is 27.9 Å². The molecule has 11 heteroatoms. The summed E-state index contributed by atoms with van der Waals surface area (Å²) < 4.78 is 27.5. The topological polar surface area (TPSA) is 119 Å². The highest BCUT2D eigenvalue weighted by atomic mass is 32.2. The number of benzene rings is 2. The molecule has 3 heterocycles. The summed E-state index contributed by atoms with van der Waals surface area (Å²) >= 11 is 0. The van der Waals surface area contributed by atoms with Gasteiger partial charge in [-0.2, -0.15) is 4.31 Å². The number of Topliss-reactive ketones (excluding diaryl/α,β-unsaturated/α-hetero) is 1. The number of likely N-dealkylation sites (tertiary alicyclic amines) is 1. The number of ketones is 1. The first kappa shape index (κ1) is 29.0. The molecular weight excluding hydrogens is 544 g/mol. The van der Waals surface area contributed by atoms with E-state index in [9.17, 15) is 27.9 Å². The maximum atomic E-state index is 14.4. The molecule has 0 aromatic heterocycles. The lowest BCUT2D eigenvalue weighted by molar-refractivity contribution is -0.143. The number of aliphatic hydroxyl groups excluding tert-OH is 1. The molecule has 1 spiro atoms. The number of rotatable bonds is 9. The van der Waals surface area contributed by atoms with Gasteiger partial charge in [0.25, 0.3) is 17.6 Å². The molecular formula is C30H36N4O6S. The van der Waals surface area contributed by atoms with Crippen LogP contribution in [0.1, 0.15) is 43.7 Å². The van der Waals surface area contributed by atoms with Crippen LogP contribution in [-0.4, -0.2) is 92.0 Å². The van der Waals surface area contributed by atoms with Gasteiger partial charge in [0.1, 0.15) is 5.76 Å². The summed E-state index contributed by atoms with van der Waals surface area (Å²) in [5.74, 6) is -2.76. The molecule has 0 bridgehead atoms. The molecule has 2 amide bonds. The predicted molar refractivity (Wildman–Crippen MR) is 155 cm³/mol. The van der Waals surface area contributed by atoms with E-state index in [0.717, 1.165) is 12.8 Å². The van der Waals surface area contributed by atoms with Crippen LogP contribution < -0.4 is 4.90 Å². The fraction of sp³-hybridized carbons (Fsp3) is 0.433. The van der Waals surface area contributed by atoms with Gasteiger partial charge in [-0.1, -0.05) is 25.1 Å². The Labute approximate surface area is 240 Å². The zero-order chi connectivity index (χ0) is 29.5. The highest BCUT2D eigenvalue weighted by Crippen LogP contribution is 2.53. The van der Waals surface area contributed by atoms with E-state index in [1.54, 1.807) is 29.2 Å². The van der Waals surface area contributed by atoms with Gasteiger partial charge in [-0.25, -0.2) is 8.42 Å². The minimum atomic E-state index is -3.69. The Morgan fingerprint density at radius 2 is 1.63 bits per heavy atom. The molecule has 1 unspecified atom stereocenters. The number of hydrogen-bond donors (Lipinski definition) is 1. The van der Waals surface area contributed by atoms with Crippen molar-refractivity contribution in [2.24, 2.45) is 0 Å². The van der Waals surface area contributed by atoms with Crippen LogP contribution in [0, 0.1) is 0 Å². The summed E-state index contributed by atoms with van der Waals surface area (Å²) in [7, 11) is 0.110. The van der Waals surface area contributed by atoms with Crippen LogP contribution in [-0.2, 0) is 29.9 Å². The van der Waals surface area contributed by atoms with Gasteiger partial charge in [0, 0.05) is 37.3 Å². The first-order chi connectivity index (χ1) is 19.6. The van der Waals surface area contributed by atoms with Crippen molar-refractivity contribution in [3.05, 3.63) is 65.2 Å². The molecule has 5 rings (SSSR count). The predicted octanol–water partition coefficient (Wildman–Crippen LogP) is 2.76. The number of carbonyl (C=O) groups is 3. The lowest BCUT2D eigenvalue weighted by Crippen LogP contribution is -2.52. The van der Waals surface area contributed by atoms with Gasteiger partial charge in [0.2, 0.25) is 10.0 Å². The molecule has 2 saturated heterocycles. The van der Waals surface area contributed by atoms with Crippen molar-refractivity contribution in [1.29, 1.82) is 0 Å². The monoisotopic (exact) mass is 580 g/mol. The molecule has 10 nitrogen and oxygen atoms in total. The standard InChI is InChI=1S/C30H36N4O6S/c1-4-16-33-24-11-6-5-10-23(24)30(29(33)38)25(27(36)28(37)34(30)20-9-17-31(2)3)26(35)21-12-14-22(15-13-21)41(39,40)32-18-7-8-19-32/h5-6,10-15,35H,4,7-9,16-20H2,1-3H3/b26-25-. The lowest BCUT2D eigenvalue weighted by Gasteiger charge is -2.34. The van der Waals surface area contributed by atoms with Crippen molar-refractivity contribution in [3.63, 3.8) is 0 Å². The number of hydrogen-bond acceptors (Lipinski definition) is 7. The van der Waals surface area contributed by atoms with Gasteiger partial charge in [-0.05, 0) is 76.7 Å². The highest BCUT2D eigenvalue weighted by Gasteiger charge is 2.66. The molecule has 2 fully saturated rings. The maximum Gasteiger partial charge on any atom is 0.296 e. The van der Waals surface area contributed by atoms with Gasteiger partial charge in [0.15, 0.2) is 5.54 Å². The molecule has 1 atom stereocenters. The van der Waals surface area contributed by atoms with E-state index in [0.29, 0.717) is 50.3 Å². The number of carbonyl (C=O) groups excluding carboxylic acids is 3. The van der Waals surface area contributed by atoms with Crippen molar-refractivity contribution in [2.45, 2.75) is 43.0 Å². The molecule has 218 valence electrons. The Kier molecular flexibility index (Phi) is 7.80. The molecule has 1 N–H and O–H groups in total. The molecule has 3 aliphatic rings. The Balaban J connectivity index is 1.67. The Hall–Kier alpha value is -3.54. The van der Waals surface area contributed by atoms with E-state index >= 15 is 0 Å². The van der Waals surface area contributed by atoms with Crippen molar-refractivity contribution in [1.82, 2.24) is 14.1 Å². The number of nitrogens with zero attached hydrogens (tertiary/aromatic N) is 4. The van der Waals surface area contributed by atoms with Crippen LogP contribution in [0.15, 0.2) is 59.0 Å². The minimum absolute atomic E-state index is 0.0752. The second kappa shape index (κ2) is 11.0. The summed E-state index contributed by atoms with van der Waals surface area (Å²) in [6.45, 7) is 3.98. The number of para-hydroxylation sites is 1. The number of aliphatic hydroxyl groups is 1. The number of anilines is 1. The first-order valence-corrected chi connectivity index (χ1v) is 15.5. The number of fused-ring (bicyclic) bond motifs is 2. The summed E-state index contributed by atoms with van der Waals surface area (Å²) in [5.41, 5.74) is -0.903. The summed E-state index contributed by atoms with van der Waals surface area (Å²) in [6, 6.07) is 12.7. The maximum absolute atomic E-state index is 14.4. The summed E-state index contributed by atoms with van der Waals surface area (Å²) in [5, 5.41) is 11.7. The molecule has 41 heavy (non-hydrogen) atoms. The smallest absolute Gasteiger partial charge is 0.296 e. The van der Waals surface area contributed by atoms with Crippen LogP contribution in [0.25, 0.3) is 5.76 Å². The van der Waals surface area contributed by atoms with Gasteiger partial charge in [-0.3, -0.25) is 14.4 Å². The SMILES string of the molecule is CCCN1C(=O)C2(/C(=C(\O)c3ccc(S(=O)(=O)N4CCCC4)cc3)C(=O)C(=O)N2CCCN(C)C)c2ccccc21. The lowest BCUT2D eigenvalue weighted by atomic mass is 9.82. The second-order valence-electron chi connectivity index (χ2n) is 11.0. The van der Waals surface area contributed by atoms with Crippen molar-refractivity contribution in [2.75, 3.05) is 51.7 Å². The van der Waals surface area contributed by atoms with E-state index in [2.05, 4.69) is 0 Å². The van der Waals surface area contributed by atoms with Gasteiger partial charge < -0.3 is 19.8 Å². The molecule has 2 aromatic rings. The Morgan fingerprint density at radius 3 is 2.27 bits per heavy atom. The van der Waals surface area contributed by atoms with Crippen molar-refractivity contribution in [3.8, 4) is 0 Å². The third-order valence-electron chi connectivity index (χ3n) is 8.07. The Bertz CT molecular complexity index is 1510. The normalized spacial score (nSPS) is 22.5. The molecule has 3 aliphatic heterocycles. The second-order valence-corrected chi connectivity index (χ2v) is 12.9. The largest absolute Gasteiger partial charge is 0.507 e. The van der Waals surface area contributed by atoms with Crippen LogP contribution in [0.4, 0.5) is 5.69 Å². The van der Waals surface area contributed by atoms with Gasteiger partial charge in [-0.15, -0.1) is 0 Å². The van der Waals surface area contributed by atoms with Crippen LogP contribution in [0.5, 0.6) is 0 Å². The summed E-state index contributed by atoms with van der Waals surface area (Å²) in [6.07, 6.45) is 2.76. The molecule has 0 aliphatic carbocycles. The Morgan fingerprint density at radius 1 is 0.976 bits per heavy atom. The quantitative estimate of drug-likeness (QED) is 0.275. The average Bonchev–Trinajstić information content (AvgIpc) is 3.64. The van der Waals surface area contributed by atoms with E-state index < -0.39 is 38.9 Å². The zero-order valence-corrected chi connectivity index (χ0v) is 24.5. The fourth-order valence-corrected chi connectivity index (χ4v) is 7.68. The fourth-order valence-electron chi connectivity index (χ4n) is 6.16. The van der Waals surface area contributed by atoms with Crippen LogP contribution in [0.3, 0.4) is 0 Å². The highest BCUT2D eigenvalue weighted by molar-refractivity contribution is 7.89. The van der Waals surface area contributed by atoms with Crippen LogP contribution >= 0.6 is 0 Å². The van der Waals surface area contributed by atoms with Crippen molar-refractivity contribution >= 4 is 39.1 Å². The van der Waals surface area contributed by atoms with Crippen LogP contribution in [0.2, 0.25) is 0 Å². The van der Waals surface area contributed by atoms with E-state index in [1.165, 1.54) is 33.5 Å². The third kappa shape index (κ3) is 4.56. The van der Waals surface area contributed by atoms with Gasteiger partial charge >= 0.3 is 0 Å².